The SMILES string of the molecule is CCC1=CCCC(C)=C1N1C(=O)CS/C1=N\C(=O)N/N=C/c1ccc(-c2ncn(-c3ccc(OC(F)(F)F)cc3)n2)cc1. The lowest BCUT2D eigenvalue weighted by molar-refractivity contribution is -0.274. The van der Waals surface area contributed by atoms with Gasteiger partial charge in [0.1, 0.15) is 12.1 Å². The number of ether oxygens (including phenoxy) is 1. The van der Waals surface area contributed by atoms with Crippen LogP contribution in [0.5, 0.6) is 5.75 Å². The van der Waals surface area contributed by atoms with Crippen LogP contribution in [0.2, 0.25) is 0 Å². The minimum atomic E-state index is -4.76. The first-order valence-corrected chi connectivity index (χ1v) is 14.2. The second-order valence-electron chi connectivity index (χ2n) is 9.51. The number of amides is 3. The number of nitrogens with one attached hydrogen (secondary N) is 1. The summed E-state index contributed by atoms with van der Waals surface area (Å²) in [5.74, 6) is 0.178. The number of urea groups is 1. The Hall–Kier alpha value is -4.72. The van der Waals surface area contributed by atoms with Crippen molar-refractivity contribution in [1.82, 2.24) is 25.1 Å². The Morgan fingerprint density at radius 2 is 1.91 bits per heavy atom. The molecule has 0 atom stereocenters. The van der Waals surface area contributed by atoms with Gasteiger partial charge in [-0.3, -0.25) is 9.69 Å². The Kier molecular flexibility index (Phi) is 8.76. The van der Waals surface area contributed by atoms with Crippen LogP contribution in [0.4, 0.5) is 18.0 Å². The van der Waals surface area contributed by atoms with E-state index < -0.39 is 12.4 Å². The van der Waals surface area contributed by atoms with Gasteiger partial charge in [0.25, 0.3) is 0 Å². The third-order valence-corrected chi connectivity index (χ3v) is 7.48. The molecule has 0 spiro atoms. The molecule has 1 fully saturated rings. The Balaban J connectivity index is 1.20. The van der Waals surface area contributed by atoms with E-state index in [1.807, 2.05) is 13.8 Å². The molecule has 10 nitrogen and oxygen atoms in total. The molecule has 1 aliphatic heterocycles. The molecule has 43 heavy (non-hydrogen) atoms. The van der Waals surface area contributed by atoms with Gasteiger partial charge < -0.3 is 4.74 Å². The van der Waals surface area contributed by atoms with Gasteiger partial charge in [-0.1, -0.05) is 49.0 Å². The first-order valence-electron chi connectivity index (χ1n) is 13.3. The molecule has 2 heterocycles. The number of carbonyl (C=O) groups is 2. The maximum absolute atomic E-state index is 12.7. The van der Waals surface area contributed by atoms with Gasteiger partial charge in [0.2, 0.25) is 5.91 Å². The van der Waals surface area contributed by atoms with E-state index in [-0.39, 0.29) is 17.4 Å². The number of hydrogen-bond acceptors (Lipinski definition) is 7. The number of halogens is 3. The molecule has 2 aromatic carbocycles. The lowest BCUT2D eigenvalue weighted by Gasteiger charge is -2.27. The molecule has 3 aromatic rings. The predicted molar refractivity (Wildman–Crippen MR) is 157 cm³/mol. The summed E-state index contributed by atoms with van der Waals surface area (Å²) in [6, 6.07) is 11.6. The number of amidine groups is 1. The van der Waals surface area contributed by atoms with Crippen molar-refractivity contribution in [3.05, 3.63) is 83.3 Å². The average Bonchev–Trinajstić information content (AvgIpc) is 3.60. The van der Waals surface area contributed by atoms with E-state index in [1.54, 1.807) is 29.2 Å². The molecule has 3 amide bonds. The lowest BCUT2D eigenvalue weighted by Crippen LogP contribution is -2.32. The van der Waals surface area contributed by atoms with E-state index >= 15 is 0 Å². The molecule has 14 heteroatoms. The molecular formula is C29H26F3N7O3S. The molecule has 5 rings (SSSR count). The molecule has 0 unspecified atom stereocenters. The van der Waals surface area contributed by atoms with Crippen molar-refractivity contribution in [3.63, 3.8) is 0 Å². The normalized spacial score (nSPS) is 16.8. The third-order valence-electron chi connectivity index (χ3n) is 6.56. The fourth-order valence-electron chi connectivity index (χ4n) is 4.58. The first kappa shape index (κ1) is 29.8. The van der Waals surface area contributed by atoms with E-state index in [9.17, 15) is 22.8 Å². The number of hydrazone groups is 1. The van der Waals surface area contributed by atoms with Crippen molar-refractivity contribution in [2.45, 2.75) is 39.5 Å². The monoisotopic (exact) mass is 609 g/mol. The topological polar surface area (TPSA) is 114 Å². The molecule has 1 aromatic heterocycles. The first-order chi connectivity index (χ1) is 20.6. The number of thioether (sulfide) groups is 1. The van der Waals surface area contributed by atoms with Crippen molar-refractivity contribution in [3.8, 4) is 22.8 Å². The summed E-state index contributed by atoms with van der Waals surface area (Å²) in [5, 5.41) is 8.69. The van der Waals surface area contributed by atoms with E-state index in [0.717, 1.165) is 36.1 Å². The number of benzene rings is 2. The van der Waals surface area contributed by atoms with Crippen molar-refractivity contribution >= 4 is 35.1 Å². The van der Waals surface area contributed by atoms with E-state index in [4.69, 9.17) is 0 Å². The molecule has 0 radical (unpaired) electrons. The van der Waals surface area contributed by atoms with Crippen molar-refractivity contribution < 1.29 is 27.5 Å². The van der Waals surface area contributed by atoms with Crippen molar-refractivity contribution in [1.29, 1.82) is 0 Å². The zero-order valence-corrected chi connectivity index (χ0v) is 23.9. The van der Waals surface area contributed by atoms with Crippen LogP contribution in [-0.4, -0.2) is 55.1 Å². The van der Waals surface area contributed by atoms with Crippen LogP contribution in [0.3, 0.4) is 0 Å². The molecule has 1 N–H and O–H groups in total. The van der Waals surface area contributed by atoms with Gasteiger partial charge in [-0.05, 0) is 67.2 Å². The van der Waals surface area contributed by atoms with E-state index in [0.29, 0.717) is 27.8 Å². The summed E-state index contributed by atoms with van der Waals surface area (Å²) >= 11 is 1.22. The van der Waals surface area contributed by atoms with Crippen LogP contribution in [0.1, 0.15) is 38.7 Å². The lowest BCUT2D eigenvalue weighted by atomic mass is 9.94. The van der Waals surface area contributed by atoms with E-state index in [2.05, 4.69) is 36.4 Å². The van der Waals surface area contributed by atoms with Crippen molar-refractivity contribution in [2.75, 3.05) is 5.75 Å². The summed E-state index contributed by atoms with van der Waals surface area (Å²) in [7, 11) is 0. The standard InChI is InChI=1S/C29H26F3N7O3S/c1-3-20-6-4-5-18(2)25(20)39-24(40)16-43-28(39)35-27(41)36-34-15-19-7-9-21(10-8-19)26-33-17-38(37-26)22-11-13-23(14-12-22)42-29(30,31)32/h6-15,17H,3-5,16H2,1-2H3,(H,36,41)/b34-15+,35-28-. The van der Waals surface area contributed by atoms with Gasteiger partial charge in [-0.2, -0.15) is 10.1 Å². The van der Waals surface area contributed by atoms with Crippen LogP contribution in [0.25, 0.3) is 17.1 Å². The highest BCUT2D eigenvalue weighted by Crippen LogP contribution is 2.35. The number of nitrogens with zero attached hydrogens (tertiary/aromatic N) is 6. The maximum Gasteiger partial charge on any atom is 0.573 e. The number of hydrogen-bond donors (Lipinski definition) is 1. The molecule has 0 bridgehead atoms. The van der Waals surface area contributed by atoms with Gasteiger partial charge in [-0.15, -0.1) is 18.3 Å². The number of carbonyl (C=O) groups excluding carboxylic acids is 2. The van der Waals surface area contributed by atoms with Gasteiger partial charge in [-0.25, -0.2) is 19.9 Å². The Labute approximate surface area is 249 Å². The molecule has 0 saturated carbocycles. The van der Waals surface area contributed by atoms with Crippen LogP contribution < -0.4 is 10.2 Å². The Morgan fingerprint density at radius 1 is 1.16 bits per heavy atom. The molecule has 222 valence electrons. The fraction of sp³-hybridized carbons (Fsp3) is 0.241. The van der Waals surface area contributed by atoms with Crippen molar-refractivity contribution in [2.24, 2.45) is 10.1 Å². The van der Waals surface area contributed by atoms with Gasteiger partial charge >= 0.3 is 12.4 Å². The summed E-state index contributed by atoms with van der Waals surface area (Å²) in [4.78, 5) is 35.1. The van der Waals surface area contributed by atoms with E-state index in [1.165, 1.54) is 53.3 Å². The molecular weight excluding hydrogens is 583 g/mol. The summed E-state index contributed by atoms with van der Waals surface area (Å²) < 4.78 is 42.5. The van der Waals surface area contributed by atoms with Gasteiger partial charge in [0.05, 0.1) is 23.4 Å². The maximum atomic E-state index is 12.7. The molecule has 1 aliphatic carbocycles. The third kappa shape index (κ3) is 7.20. The highest BCUT2D eigenvalue weighted by molar-refractivity contribution is 8.15. The number of aliphatic imine (C=N–C) groups is 1. The Bertz CT molecular complexity index is 1640. The van der Waals surface area contributed by atoms with Crippen LogP contribution in [0, 0.1) is 0 Å². The molecule has 1 saturated heterocycles. The minimum Gasteiger partial charge on any atom is -0.406 e. The van der Waals surface area contributed by atoms with Gasteiger partial charge in [0, 0.05) is 5.56 Å². The zero-order valence-electron chi connectivity index (χ0n) is 23.1. The van der Waals surface area contributed by atoms with Crippen LogP contribution in [0.15, 0.2) is 87.9 Å². The minimum absolute atomic E-state index is 0.108. The Morgan fingerprint density at radius 3 is 2.60 bits per heavy atom. The fourth-order valence-corrected chi connectivity index (χ4v) is 5.43. The highest BCUT2D eigenvalue weighted by Gasteiger charge is 2.34. The zero-order chi connectivity index (χ0) is 30.6. The van der Waals surface area contributed by atoms with Gasteiger partial charge in [0.15, 0.2) is 11.0 Å². The number of alkyl halides is 3. The molecule has 2 aliphatic rings. The highest BCUT2D eigenvalue weighted by atomic mass is 32.2. The summed E-state index contributed by atoms with van der Waals surface area (Å²) in [5.41, 5.74) is 7.27. The van der Waals surface area contributed by atoms with Crippen LogP contribution >= 0.6 is 11.8 Å². The number of allylic oxidation sites excluding steroid dienone is 3. The number of aromatic nitrogens is 3. The second-order valence-corrected chi connectivity index (χ2v) is 10.5. The average molecular weight is 610 g/mol. The smallest absolute Gasteiger partial charge is 0.406 e. The van der Waals surface area contributed by atoms with Crippen LogP contribution in [-0.2, 0) is 4.79 Å². The largest absolute Gasteiger partial charge is 0.573 e. The quantitative estimate of drug-likeness (QED) is 0.252. The summed E-state index contributed by atoms with van der Waals surface area (Å²) in [6.45, 7) is 4.04. The second kappa shape index (κ2) is 12.7. The number of rotatable bonds is 7. The summed E-state index contributed by atoms with van der Waals surface area (Å²) in [6.07, 6.45) is 2.83. The predicted octanol–water partition coefficient (Wildman–Crippen LogP) is 6.21.